The molecule has 0 radical (unpaired) electrons. The molecule has 1 aliphatic carbocycles. The number of hydrogen-bond donors (Lipinski definition) is 2. The molecule has 9 heteroatoms. The van der Waals surface area contributed by atoms with E-state index in [2.05, 4.69) is 4.98 Å². The number of aromatic amines is 1. The summed E-state index contributed by atoms with van der Waals surface area (Å²) in [5.74, 6) is -0.164. The van der Waals surface area contributed by atoms with Gasteiger partial charge in [0.05, 0.1) is 5.92 Å². The molecular weight excluding hydrogens is 398 g/mol. The number of nitrogens with two attached hydrogens (primary N) is 1. The summed E-state index contributed by atoms with van der Waals surface area (Å²) < 4.78 is 1.33. The maximum atomic E-state index is 13.6. The highest BCUT2D eigenvalue weighted by atomic mass is 16.2. The average Bonchev–Trinajstić information content (AvgIpc) is 3.57. The second kappa shape index (κ2) is 9.70. The number of nitrogen functional groups attached to an aromatic ring is 1. The molecule has 9 nitrogen and oxygen atoms in total. The van der Waals surface area contributed by atoms with Crippen LogP contribution in [0.4, 0.5) is 11.5 Å². The molecule has 3 rings (SSSR count). The number of rotatable bonds is 8. The van der Waals surface area contributed by atoms with Crippen LogP contribution in [-0.4, -0.2) is 45.9 Å². The summed E-state index contributed by atoms with van der Waals surface area (Å²) in [7, 11) is 0. The smallest absolute Gasteiger partial charge is 0.330 e. The molecule has 1 saturated carbocycles. The summed E-state index contributed by atoms with van der Waals surface area (Å²) in [6.07, 6.45) is 4.82. The van der Waals surface area contributed by atoms with Gasteiger partial charge in [-0.25, -0.2) is 4.79 Å². The van der Waals surface area contributed by atoms with Gasteiger partial charge in [0.15, 0.2) is 5.69 Å². The third-order valence-corrected chi connectivity index (χ3v) is 6.04. The molecule has 0 aromatic carbocycles. The number of nitrogens with one attached hydrogen (secondary N) is 1. The summed E-state index contributed by atoms with van der Waals surface area (Å²) in [4.78, 5) is 56.8. The third-order valence-electron chi connectivity index (χ3n) is 6.04. The lowest BCUT2D eigenvalue weighted by Gasteiger charge is -2.35. The monoisotopic (exact) mass is 433 g/mol. The molecule has 172 valence electrons. The molecule has 2 fully saturated rings. The second-order valence-electron chi connectivity index (χ2n) is 9.24. The first-order chi connectivity index (χ1) is 14.7. The summed E-state index contributed by atoms with van der Waals surface area (Å²) >= 11 is 0. The summed E-state index contributed by atoms with van der Waals surface area (Å²) in [5, 5.41) is 0. The number of amides is 2. The quantitative estimate of drug-likeness (QED) is 0.644. The number of anilines is 2. The molecule has 1 unspecified atom stereocenters. The summed E-state index contributed by atoms with van der Waals surface area (Å²) in [6.45, 7) is 7.64. The van der Waals surface area contributed by atoms with Crippen molar-refractivity contribution in [2.75, 3.05) is 30.3 Å². The van der Waals surface area contributed by atoms with Gasteiger partial charge in [-0.2, -0.15) is 0 Å². The number of piperidine rings is 1. The van der Waals surface area contributed by atoms with Crippen LogP contribution in [0.5, 0.6) is 0 Å². The first-order valence-corrected chi connectivity index (χ1v) is 11.5. The van der Waals surface area contributed by atoms with Crippen LogP contribution in [0.1, 0.15) is 59.3 Å². The number of unbranched alkanes of at least 4 members (excludes halogenated alkanes) is 1. The van der Waals surface area contributed by atoms with Gasteiger partial charge in [0.1, 0.15) is 5.82 Å². The van der Waals surface area contributed by atoms with Crippen LogP contribution in [0.2, 0.25) is 0 Å². The van der Waals surface area contributed by atoms with Gasteiger partial charge in [0, 0.05) is 32.1 Å². The molecule has 2 heterocycles. The van der Waals surface area contributed by atoms with Gasteiger partial charge < -0.3 is 15.5 Å². The molecule has 1 aromatic rings. The van der Waals surface area contributed by atoms with Gasteiger partial charge in [-0.3, -0.25) is 23.9 Å². The van der Waals surface area contributed by atoms with Crippen LogP contribution in [0, 0.1) is 17.8 Å². The maximum Gasteiger partial charge on any atom is 0.330 e. The van der Waals surface area contributed by atoms with Crippen molar-refractivity contribution < 1.29 is 9.59 Å². The maximum absolute atomic E-state index is 13.6. The summed E-state index contributed by atoms with van der Waals surface area (Å²) in [5.41, 5.74) is 5.11. The fourth-order valence-corrected chi connectivity index (χ4v) is 4.22. The Morgan fingerprint density at radius 2 is 1.90 bits per heavy atom. The number of nitrogens with zero attached hydrogens (tertiary/aromatic N) is 3. The third kappa shape index (κ3) is 5.19. The van der Waals surface area contributed by atoms with Crippen LogP contribution in [-0.2, 0) is 16.1 Å². The molecule has 31 heavy (non-hydrogen) atoms. The Kier molecular flexibility index (Phi) is 7.23. The molecular formula is C22H35N5O4. The van der Waals surface area contributed by atoms with E-state index in [1.165, 1.54) is 9.47 Å². The van der Waals surface area contributed by atoms with Crippen LogP contribution < -0.4 is 21.9 Å². The molecule has 2 amide bonds. The number of likely N-dealkylation sites (tertiary alicyclic amines) is 1. The minimum atomic E-state index is -0.645. The van der Waals surface area contributed by atoms with Crippen molar-refractivity contribution in [2.45, 2.75) is 65.8 Å². The van der Waals surface area contributed by atoms with E-state index in [0.29, 0.717) is 39.0 Å². The van der Waals surface area contributed by atoms with Gasteiger partial charge in [-0.1, -0.05) is 27.2 Å². The van der Waals surface area contributed by atoms with E-state index in [-0.39, 0.29) is 41.1 Å². The van der Waals surface area contributed by atoms with Crippen molar-refractivity contribution in [2.24, 2.45) is 17.8 Å². The van der Waals surface area contributed by atoms with Crippen molar-refractivity contribution in [3.05, 3.63) is 20.8 Å². The molecule has 1 saturated heterocycles. The Bertz CT molecular complexity index is 931. The van der Waals surface area contributed by atoms with Crippen molar-refractivity contribution in [1.29, 1.82) is 0 Å². The first-order valence-electron chi connectivity index (χ1n) is 11.5. The van der Waals surface area contributed by atoms with Crippen molar-refractivity contribution in [1.82, 2.24) is 14.5 Å². The van der Waals surface area contributed by atoms with Crippen molar-refractivity contribution >= 4 is 23.3 Å². The van der Waals surface area contributed by atoms with Crippen LogP contribution in [0.25, 0.3) is 0 Å². The van der Waals surface area contributed by atoms with E-state index in [0.717, 1.165) is 25.7 Å². The molecule has 1 aliphatic heterocycles. The number of hydrogen-bond acceptors (Lipinski definition) is 5. The number of carbonyl (C=O) groups is 2. The number of carbonyl (C=O) groups excluding carboxylic acids is 2. The Morgan fingerprint density at radius 3 is 2.52 bits per heavy atom. The highest BCUT2D eigenvalue weighted by molar-refractivity contribution is 5.97. The van der Waals surface area contributed by atoms with Crippen LogP contribution in [0.3, 0.4) is 0 Å². The van der Waals surface area contributed by atoms with Crippen LogP contribution in [0.15, 0.2) is 9.59 Å². The molecule has 1 atom stereocenters. The highest BCUT2D eigenvalue weighted by Gasteiger charge is 2.38. The first kappa shape index (κ1) is 23.1. The predicted molar refractivity (Wildman–Crippen MR) is 120 cm³/mol. The zero-order valence-electron chi connectivity index (χ0n) is 18.9. The lowest BCUT2D eigenvalue weighted by Crippen LogP contribution is -2.49. The minimum absolute atomic E-state index is 0.0219. The van der Waals surface area contributed by atoms with Crippen LogP contribution >= 0.6 is 0 Å². The zero-order chi connectivity index (χ0) is 22.7. The number of aromatic nitrogens is 2. The fourth-order valence-electron chi connectivity index (χ4n) is 4.22. The van der Waals surface area contributed by atoms with Crippen molar-refractivity contribution in [3.8, 4) is 0 Å². The van der Waals surface area contributed by atoms with E-state index >= 15 is 0 Å². The lowest BCUT2D eigenvalue weighted by molar-refractivity contribution is -0.136. The average molecular weight is 434 g/mol. The standard InChI is InChI=1S/C22H35N5O4/c1-4-5-11-26(17-18(23)27(12-14(2)3)22(31)24-19(17)28)21(30)16-7-6-10-25(13-16)20(29)15-8-9-15/h14-16H,4-13,23H2,1-3H3,(H,24,28,31). The van der Waals surface area contributed by atoms with Gasteiger partial charge >= 0.3 is 5.69 Å². The van der Waals surface area contributed by atoms with E-state index in [9.17, 15) is 19.2 Å². The van der Waals surface area contributed by atoms with E-state index in [1.807, 2.05) is 20.8 Å². The minimum Gasteiger partial charge on any atom is -0.383 e. The molecule has 1 aromatic heterocycles. The van der Waals surface area contributed by atoms with Gasteiger partial charge in [0.2, 0.25) is 11.8 Å². The Labute approximate surface area is 182 Å². The van der Waals surface area contributed by atoms with E-state index in [4.69, 9.17) is 5.73 Å². The Hall–Kier alpha value is -2.58. The molecule has 3 N–H and O–H groups in total. The number of H-pyrrole nitrogens is 1. The van der Waals surface area contributed by atoms with E-state index in [1.54, 1.807) is 4.90 Å². The Balaban J connectivity index is 1.92. The SMILES string of the molecule is CCCCN(C(=O)C1CCCN(C(=O)C2CC2)C1)c1c(N)n(CC(C)C)c(=O)[nH]c1=O. The highest BCUT2D eigenvalue weighted by Crippen LogP contribution is 2.33. The van der Waals surface area contributed by atoms with Crippen molar-refractivity contribution in [3.63, 3.8) is 0 Å². The zero-order valence-corrected chi connectivity index (χ0v) is 18.9. The predicted octanol–water partition coefficient (Wildman–Crippen LogP) is 1.56. The van der Waals surface area contributed by atoms with Gasteiger partial charge in [-0.15, -0.1) is 0 Å². The largest absolute Gasteiger partial charge is 0.383 e. The summed E-state index contributed by atoms with van der Waals surface area (Å²) in [6, 6.07) is 0. The molecule has 0 spiro atoms. The topological polar surface area (TPSA) is 121 Å². The fraction of sp³-hybridized carbons (Fsp3) is 0.727. The van der Waals surface area contributed by atoms with Gasteiger partial charge in [-0.05, 0) is 38.0 Å². The lowest BCUT2D eigenvalue weighted by atomic mass is 9.95. The normalized spacial score (nSPS) is 19.0. The van der Waals surface area contributed by atoms with E-state index < -0.39 is 11.2 Å². The Morgan fingerprint density at radius 1 is 1.19 bits per heavy atom. The molecule has 2 aliphatic rings. The molecule has 0 bridgehead atoms. The van der Waals surface area contributed by atoms with Gasteiger partial charge in [0.25, 0.3) is 5.56 Å². The second-order valence-corrected chi connectivity index (χ2v) is 9.24.